The zero-order chi connectivity index (χ0) is 9.61. The minimum absolute atomic E-state index is 0.582. The van der Waals surface area contributed by atoms with Crippen LogP contribution in [0.5, 0.6) is 0 Å². The first-order valence-electron chi connectivity index (χ1n) is 5.17. The number of hydrogen-bond acceptors (Lipinski definition) is 0. The van der Waals surface area contributed by atoms with E-state index in [1.54, 1.807) is 5.57 Å². The first kappa shape index (κ1) is 11.7. The third-order valence-electron chi connectivity index (χ3n) is 2.07. The number of hydrogen-bond donors (Lipinski definition) is 0. The molecule has 0 radical (unpaired) electrons. The zero-order valence-electron chi connectivity index (χ0n) is 9.41. The van der Waals surface area contributed by atoms with Gasteiger partial charge in [0.05, 0.1) is 0 Å². The third kappa shape index (κ3) is 5.40. The second-order valence-corrected chi connectivity index (χ2v) is 4.64. The van der Waals surface area contributed by atoms with Crippen LogP contribution in [0.1, 0.15) is 60.3 Å². The highest BCUT2D eigenvalue weighted by Crippen LogP contribution is 2.34. The Kier molecular flexibility index (Phi) is 5.28. The van der Waals surface area contributed by atoms with Crippen LogP contribution in [0, 0.1) is 5.41 Å². The summed E-state index contributed by atoms with van der Waals surface area (Å²) in [6, 6.07) is 0. The molecule has 0 saturated carbocycles. The molecule has 72 valence electrons. The molecule has 0 bridgehead atoms. The highest BCUT2D eigenvalue weighted by Gasteiger charge is 2.20. The molecule has 1 aliphatic carbocycles. The van der Waals surface area contributed by atoms with Crippen LogP contribution in [0.15, 0.2) is 11.6 Å². The molecule has 0 nitrogen and oxygen atoms in total. The van der Waals surface area contributed by atoms with Crippen molar-refractivity contribution in [2.45, 2.75) is 60.3 Å². The summed E-state index contributed by atoms with van der Waals surface area (Å²) in [5.41, 5.74) is 2.16. The first-order chi connectivity index (χ1) is 5.52. The second-order valence-electron chi connectivity index (χ2n) is 4.64. The molecular formula is C12H24. The third-order valence-corrected chi connectivity index (χ3v) is 2.07. The maximum atomic E-state index is 2.37. The van der Waals surface area contributed by atoms with Gasteiger partial charge in [-0.1, -0.05) is 45.8 Å². The van der Waals surface area contributed by atoms with Gasteiger partial charge in [-0.05, 0) is 31.6 Å². The molecule has 0 fully saturated rings. The quantitative estimate of drug-likeness (QED) is 0.465. The average molecular weight is 168 g/mol. The van der Waals surface area contributed by atoms with Crippen molar-refractivity contribution in [2.24, 2.45) is 5.41 Å². The van der Waals surface area contributed by atoms with E-state index in [-0.39, 0.29) is 0 Å². The summed E-state index contributed by atoms with van der Waals surface area (Å²) in [7, 11) is 0. The fraction of sp³-hybridized carbons (Fsp3) is 0.833. The van der Waals surface area contributed by atoms with Gasteiger partial charge in [0.15, 0.2) is 0 Å². The minimum atomic E-state index is 0.582. The van der Waals surface area contributed by atoms with Gasteiger partial charge in [-0.25, -0.2) is 0 Å². The van der Waals surface area contributed by atoms with Gasteiger partial charge in [0, 0.05) is 0 Å². The van der Waals surface area contributed by atoms with Crippen LogP contribution in [0.3, 0.4) is 0 Å². The van der Waals surface area contributed by atoms with Gasteiger partial charge in [0.25, 0.3) is 0 Å². The summed E-state index contributed by atoms with van der Waals surface area (Å²) < 4.78 is 0. The summed E-state index contributed by atoms with van der Waals surface area (Å²) in [4.78, 5) is 0. The van der Waals surface area contributed by atoms with E-state index in [0.29, 0.717) is 5.41 Å². The van der Waals surface area contributed by atoms with E-state index >= 15 is 0 Å². The molecule has 0 aliphatic heterocycles. The minimum Gasteiger partial charge on any atom is -0.0856 e. The Morgan fingerprint density at radius 3 is 2.08 bits per heavy atom. The molecule has 0 spiro atoms. The van der Waals surface area contributed by atoms with Crippen molar-refractivity contribution in [3.8, 4) is 0 Å². The SMILES string of the molecule is CC1=CCCC(C)(C)C1.CCC. The van der Waals surface area contributed by atoms with E-state index in [1.807, 2.05) is 0 Å². The summed E-state index contributed by atoms with van der Waals surface area (Å²) in [6.45, 7) is 11.2. The fourth-order valence-electron chi connectivity index (χ4n) is 1.62. The maximum Gasteiger partial charge on any atom is -0.0271 e. The first-order valence-corrected chi connectivity index (χ1v) is 5.17. The predicted octanol–water partition coefficient (Wildman–Crippen LogP) is 4.56. The lowest BCUT2D eigenvalue weighted by Gasteiger charge is -2.28. The molecule has 12 heavy (non-hydrogen) atoms. The van der Waals surface area contributed by atoms with Crippen molar-refractivity contribution in [1.29, 1.82) is 0 Å². The highest BCUT2D eigenvalue weighted by molar-refractivity contribution is 5.05. The van der Waals surface area contributed by atoms with Gasteiger partial charge in [0.1, 0.15) is 0 Å². The van der Waals surface area contributed by atoms with Gasteiger partial charge in [-0.15, -0.1) is 0 Å². The van der Waals surface area contributed by atoms with E-state index in [4.69, 9.17) is 0 Å². The van der Waals surface area contributed by atoms with Crippen molar-refractivity contribution in [2.75, 3.05) is 0 Å². The van der Waals surface area contributed by atoms with E-state index in [2.05, 4.69) is 40.7 Å². The van der Waals surface area contributed by atoms with Crippen LogP contribution in [0.2, 0.25) is 0 Å². The maximum absolute atomic E-state index is 2.37. The molecule has 0 amide bonds. The highest BCUT2D eigenvalue weighted by atomic mass is 14.2. The summed E-state index contributed by atoms with van der Waals surface area (Å²) in [5, 5.41) is 0. The molecule has 0 saturated heterocycles. The second kappa shape index (κ2) is 5.40. The lowest BCUT2D eigenvalue weighted by molar-refractivity contribution is 0.320. The molecule has 0 aromatic rings. The van der Waals surface area contributed by atoms with Crippen LogP contribution in [0.4, 0.5) is 0 Å². The van der Waals surface area contributed by atoms with Crippen LogP contribution >= 0.6 is 0 Å². The fourth-order valence-corrected chi connectivity index (χ4v) is 1.62. The Bertz CT molecular complexity index is 140. The Labute approximate surface area is 78.1 Å². The molecule has 0 N–H and O–H groups in total. The zero-order valence-corrected chi connectivity index (χ0v) is 9.41. The standard InChI is InChI=1S/C9H16.C3H8/c1-8-5-4-6-9(2,3)7-8;1-3-2/h5H,4,6-7H2,1-3H3;3H2,1-2H3. The van der Waals surface area contributed by atoms with Gasteiger partial charge in [-0.2, -0.15) is 0 Å². The Morgan fingerprint density at radius 1 is 1.33 bits per heavy atom. The van der Waals surface area contributed by atoms with Crippen molar-refractivity contribution in [3.05, 3.63) is 11.6 Å². The van der Waals surface area contributed by atoms with Gasteiger partial charge in [0.2, 0.25) is 0 Å². The molecule has 0 aromatic heterocycles. The van der Waals surface area contributed by atoms with Crippen LogP contribution in [-0.4, -0.2) is 0 Å². The van der Waals surface area contributed by atoms with Gasteiger partial charge < -0.3 is 0 Å². The molecule has 0 heteroatoms. The summed E-state index contributed by atoms with van der Waals surface area (Å²) in [5.74, 6) is 0. The smallest absolute Gasteiger partial charge is 0.0271 e. The summed E-state index contributed by atoms with van der Waals surface area (Å²) in [6.07, 6.45) is 7.57. The van der Waals surface area contributed by atoms with E-state index in [0.717, 1.165) is 0 Å². The number of allylic oxidation sites excluding steroid dienone is 2. The lowest BCUT2D eigenvalue weighted by Crippen LogP contribution is -2.14. The van der Waals surface area contributed by atoms with Crippen LogP contribution < -0.4 is 0 Å². The van der Waals surface area contributed by atoms with Crippen molar-refractivity contribution in [1.82, 2.24) is 0 Å². The molecule has 1 rings (SSSR count). The average Bonchev–Trinajstić information content (AvgIpc) is 1.85. The lowest BCUT2D eigenvalue weighted by atomic mass is 9.78. The predicted molar refractivity (Wildman–Crippen MR) is 57.4 cm³/mol. The Hall–Kier alpha value is -0.260. The van der Waals surface area contributed by atoms with E-state index < -0.39 is 0 Å². The van der Waals surface area contributed by atoms with Crippen molar-refractivity contribution < 1.29 is 0 Å². The van der Waals surface area contributed by atoms with Crippen LogP contribution in [0.25, 0.3) is 0 Å². The van der Waals surface area contributed by atoms with Crippen LogP contribution in [-0.2, 0) is 0 Å². The van der Waals surface area contributed by atoms with E-state index in [9.17, 15) is 0 Å². The Balaban J connectivity index is 0.000000354. The largest absolute Gasteiger partial charge is 0.0856 e. The van der Waals surface area contributed by atoms with Gasteiger partial charge in [-0.3, -0.25) is 0 Å². The molecule has 0 atom stereocenters. The number of rotatable bonds is 0. The van der Waals surface area contributed by atoms with Crippen molar-refractivity contribution >= 4 is 0 Å². The monoisotopic (exact) mass is 168 g/mol. The normalized spacial score (nSPS) is 20.6. The Morgan fingerprint density at radius 2 is 1.83 bits per heavy atom. The molecule has 0 unspecified atom stereocenters. The molecule has 0 aromatic carbocycles. The molecule has 0 heterocycles. The van der Waals surface area contributed by atoms with Crippen molar-refractivity contribution in [3.63, 3.8) is 0 Å². The van der Waals surface area contributed by atoms with Gasteiger partial charge >= 0.3 is 0 Å². The topological polar surface area (TPSA) is 0 Å². The molecule has 1 aliphatic rings. The summed E-state index contributed by atoms with van der Waals surface area (Å²) >= 11 is 0. The molecular weight excluding hydrogens is 144 g/mol. The van der Waals surface area contributed by atoms with E-state index in [1.165, 1.54) is 25.7 Å².